The zero-order valence-electron chi connectivity index (χ0n) is 13.9. The van der Waals surface area contributed by atoms with Crippen molar-refractivity contribution >= 4 is 11.6 Å². The number of carbonyl (C=O) groups excluding carboxylic acids is 1. The van der Waals surface area contributed by atoms with E-state index in [9.17, 15) is 4.79 Å². The molecule has 0 bridgehead atoms. The average molecular weight is 326 g/mol. The summed E-state index contributed by atoms with van der Waals surface area (Å²) in [5.74, 6) is 1.82. The Balaban J connectivity index is 1.59. The lowest BCUT2D eigenvalue weighted by atomic mass is 9.87. The predicted molar refractivity (Wildman–Crippen MR) is 90.4 cm³/mol. The molecule has 24 heavy (non-hydrogen) atoms. The van der Waals surface area contributed by atoms with Gasteiger partial charge in [-0.1, -0.05) is 18.2 Å². The summed E-state index contributed by atoms with van der Waals surface area (Å²) >= 11 is 0. The predicted octanol–water partition coefficient (Wildman–Crippen LogP) is 3.72. The van der Waals surface area contributed by atoms with Gasteiger partial charge in [-0.25, -0.2) is 4.98 Å². The van der Waals surface area contributed by atoms with Crippen LogP contribution in [0.25, 0.3) is 0 Å². The van der Waals surface area contributed by atoms with Crippen LogP contribution in [0.4, 0.5) is 5.69 Å². The van der Waals surface area contributed by atoms with Crippen molar-refractivity contribution in [2.24, 2.45) is 0 Å². The average Bonchev–Trinajstić information content (AvgIpc) is 3.36. The van der Waals surface area contributed by atoms with Crippen LogP contribution in [-0.4, -0.2) is 31.2 Å². The minimum atomic E-state index is -0.0907. The zero-order valence-corrected chi connectivity index (χ0v) is 13.9. The molecule has 5 nitrogen and oxygen atoms in total. The Labute approximate surface area is 141 Å². The molecule has 1 atom stereocenters. The molecular formula is C19H22N2O3. The van der Waals surface area contributed by atoms with Gasteiger partial charge in [0, 0.05) is 31.9 Å². The number of methoxy groups -OCH3 is 1. The second-order valence-electron chi connectivity index (χ2n) is 6.62. The first kappa shape index (κ1) is 15.4. The monoisotopic (exact) mass is 326 g/mol. The van der Waals surface area contributed by atoms with E-state index in [-0.39, 0.29) is 5.91 Å². The first-order valence-electron chi connectivity index (χ1n) is 8.63. The zero-order chi connectivity index (χ0) is 16.5. The van der Waals surface area contributed by atoms with E-state index in [1.807, 2.05) is 23.1 Å². The minimum Gasteiger partial charge on any atom is -0.435 e. The minimum absolute atomic E-state index is 0.0907. The highest BCUT2D eigenvalue weighted by atomic mass is 16.5. The van der Waals surface area contributed by atoms with E-state index in [0.717, 1.165) is 38.0 Å². The maximum atomic E-state index is 12.9. The number of hydrogen-bond donors (Lipinski definition) is 0. The van der Waals surface area contributed by atoms with Gasteiger partial charge >= 0.3 is 0 Å². The smallest absolute Gasteiger partial charge is 0.295 e. The van der Waals surface area contributed by atoms with Crippen molar-refractivity contribution < 1.29 is 13.9 Å². The number of nitrogens with zero attached hydrogens (tertiary/aromatic N) is 2. The molecule has 126 valence electrons. The van der Waals surface area contributed by atoms with Crippen LogP contribution in [-0.2, 0) is 4.74 Å². The highest BCUT2D eigenvalue weighted by Gasteiger charge is 2.33. The number of hydrogen-bond acceptors (Lipinski definition) is 4. The second kappa shape index (κ2) is 6.40. The summed E-state index contributed by atoms with van der Waals surface area (Å²) in [7, 11) is 1.73. The van der Waals surface area contributed by atoms with Crippen molar-refractivity contribution in [3.8, 4) is 0 Å². The standard InChI is InChI=1S/C19H22N2O3/c1-23-11-9-13-8-10-21(16-5-3-2-4-15(13)16)19(22)17-12-20-18(24-17)14-6-7-14/h2-5,12-14H,6-11H2,1H3. The fourth-order valence-corrected chi connectivity index (χ4v) is 3.45. The van der Waals surface area contributed by atoms with Gasteiger partial charge in [-0.3, -0.25) is 4.79 Å². The molecule has 1 aromatic carbocycles. The van der Waals surface area contributed by atoms with Gasteiger partial charge in [-0.2, -0.15) is 0 Å². The molecule has 2 heterocycles. The van der Waals surface area contributed by atoms with Gasteiger partial charge in [0.05, 0.1) is 6.20 Å². The van der Waals surface area contributed by atoms with E-state index in [0.29, 0.717) is 30.0 Å². The number of carbonyl (C=O) groups is 1. The number of anilines is 1. The van der Waals surface area contributed by atoms with Crippen LogP contribution < -0.4 is 4.90 Å². The molecule has 2 aromatic rings. The number of rotatable bonds is 5. The molecule has 1 aliphatic carbocycles. The van der Waals surface area contributed by atoms with E-state index >= 15 is 0 Å². The summed E-state index contributed by atoms with van der Waals surface area (Å²) in [6.45, 7) is 1.43. The van der Waals surface area contributed by atoms with Gasteiger partial charge in [-0.05, 0) is 43.2 Å². The van der Waals surface area contributed by atoms with Gasteiger partial charge < -0.3 is 14.1 Å². The summed E-state index contributed by atoms with van der Waals surface area (Å²) in [5, 5.41) is 0. The van der Waals surface area contributed by atoms with E-state index in [2.05, 4.69) is 11.1 Å². The number of benzene rings is 1. The van der Waals surface area contributed by atoms with E-state index < -0.39 is 0 Å². The maximum Gasteiger partial charge on any atom is 0.295 e. The Morgan fingerprint density at radius 3 is 2.96 bits per heavy atom. The molecule has 0 saturated heterocycles. The molecule has 2 aliphatic rings. The summed E-state index contributed by atoms with van der Waals surface area (Å²) in [6, 6.07) is 8.15. The molecule has 1 aliphatic heterocycles. The van der Waals surface area contributed by atoms with Crippen molar-refractivity contribution in [3.05, 3.63) is 47.7 Å². The molecule has 0 radical (unpaired) electrons. The van der Waals surface area contributed by atoms with Gasteiger partial charge in [0.25, 0.3) is 5.91 Å². The van der Waals surface area contributed by atoms with Crippen molar-refractivity contribution in [3.63, 3.8) is 0 Å². The van der Waals surface area contributed by atoms with Gasteiger partial charge in [0.1, 0.15) is 0 Å². The quantitative estimate of drug-likeness (QED) is 0.840. The third-order valence-corrected chi connectivity index (χ3v) is 4.95. The van der Waals surface area contributed by atoms with Gasteiger partial charge in [0.15, 0.2) is 5.89 Å². The second-order valence-corrected chi connectivity index (χ2v) is 6.62. The number of amides is 1. The van der Waals surface area contributed by atoms with Crippen molar-refractivity contribution in [2.75, 3.05) is 25.2 Å². The lowest BCUT2D eigenvalue weighted by Crippen LogP contribution is -2.36. The Morgan fingerprint density at radius 1 is 1.33 bits per heavy atom. The lowest BCUT2D eigenvalue weighted by molar-refractivity contribution is 0.0955. The molecule has 5 heteroatoms. The molecule has 1 unspecified atom stereocenters. The molecule has 4 rings (SSSR count). The molecule has 0 N–H and O–H groups in total. The highest BCUT2D eigenvalue weighted by Crippen LogP contribution is 2.40. The summed E-state index contributed by atoms with van der Waals surface area (Å²) in [5.41, 5.74) is 2.20. The maximum absolute atomic E-state index is 12.9. The highest BCUT2D eigenvalue weighted by molar-refractivity contribution is 6.04. The normalized spacial score (nSPS) is 20.0. The third-order valence-electron chi connectivity index (χ3n) is 4.95. The third kappa shape index (κ3) is 2.84. The Morgan fingerprint density at radius 2 is 2.17 bits per heavy atom. The molecule has 1 amide bonds. The largest absolute Gasteiger partial charge is 0.435 e. The van der Waals surface area contributed by atoms with Crippen LogP contribution >= 0.6 is 0 Å². The van der Waals surface area contributed by atoms with Crippen LogP contribution in [0.3, 0.4) is 0 Å². The number of aromatic nitrogens is 1. The molecule has 1 fully saturated rings. The van der Waals surface area contributed by atoms with Gasteiger partial charge in [-0.15, -0.1) is 0 Å². The SMILES string of the molecule is COCCC1CCN(C(=O)c2cnc(C3CC3)o2)c2ccccc21. The van der Waals surface area contributed by atoms with E-state index in [1.165, 1.54) is 5.56 Å². The molecular weight excluding hydrogens is 304 g/mol. The molecule has 1 saturated carbocycles. The van der Waals surface area contributed by atoms with E-state index in [4.69, 9.17) is 9.15 Å². The van der Waals surface area contributed by atoms with Crippen molar-refractivity contribution in [1.82, 2.24) is 4.98 Å². The first-order valence-corrected chi connectivity index (χ1v) is 8.63. The number of ether oxygens (including phenoxy) is 1. The molecule has 0 spiro atoms. The molecule has 1 aromatic heterocycles. The first-order chi connectivity index (χ1) is 11.8. The van der Waals surface area contributed by atoms with Crippen molar-refractivity contribution in [1.29, 1.82) is 0 Å². The summed E-state index contributed by atoms with van der Waals surface area (Å²) < 4.78 is 10.9. The summed E-state index contributed by atoms with van der Waals surface area (Å²) in [4.78, 5) is 19.0. The van der Waals surface area contributed by atoms with Crippen molar-refractivity contribution in [2.45, 2.75) is 37.5 Å². The number of para-hydroxylation sites is 1. The van der Waals surface area contributed by atoms with Crippen LogP contribution in [0.15, 0.2) is 34.9 Å². The Hall–Kier alpha value is -2.14. The topological polar surface area (TPSA) is 55.6 Å². The number of fused-ring (bicyclic) bond motifs is 1. The van der Waals surface area contributed by atoms with Crippen LogP contribution in [0.5, 0.6) is 0 Å². The lowest BCUT2D eigenvalue weighted by Gasteiger charge is -2.33. The van der Waals surface area contributed by atoms with Crippen LogP contribution in [0.1, 0.15) is 59.5 Å². The van der Waals surface area contributed by atoms with Gasteiger partial charge in [0.2, 0.25) is 5.76 Å². The van der Waals surface area contributed by atoms with Crippen LogP contribution in [0, 0.1) is 0 Å². The summed E-state index contributed by atoms with van der Waals surface area (Å²) in [6.07, 6.45) is 5.72. The number of oxazole rings is 1. The van der Waals surface area contributed by atoms with E-state index in [1.54, 1.807) is 13.3 Å². The van der Waals surface area contributed by atoms with Crippen LogP contribution in [0.2, 0.25) is 0 Å². The fourth-order valence-electron chi connectivity index (χ4n) is 3.45. The fraction of sp³-hybridized carbons (Fsp3) is 0.474. The Kier molecular flexibility index (Phi) is 4.10. The Bertz CT molecular complexity index is 736.